The number of likely N-dealkylation sites (N-methyl/N-ethyl adjacent to an activating group) is 1. The molecule has 2 heterocycles. The molecular weight excluding hydrogens is 254 g/mol. The normalized spacial score (nSPS) is 10.9. The van der Waals surface area contributed by atoms with Crippen LogP contribution in [0.2, 0.25) is 0 Å². The lowest BCUT2D eigenvalue weighted by Crippen LogP contribution is -2.23. The summed E-state index contributed by atoms with van der Waals surface area (Å²) < 4.78 is 3.61. The zero-order chi connectivity index (χ0) is 14.1. The molecule has 0 saturated carbocycles. The van der Waals surface area contributed by atoms with E-state index in [1.54, 1.807) is 11.7 Å². The van der Waals surface area contributed by atoms with Crippen LogP contribution in [0.15, 0.2) is 36.5 Å². The molecule has 0 aliphatic carbocycles. The highest BCUT2D eigenvalue weighted by Crippen LogP contribution is 2.23. The Kier molecular flexibility index (Phi) is 2.98. The SMILES string of the molecule is CNC(=O)Cn1c(-c2ccn(C)n2)nc2ccccc21. The number of hydrogen-bond acceptors (Lipinski definition) is 3. The number of rotatable bonds is 3. The predicted octanol–water partition coefficient (Wildman–Crippen LogP) is 1.18. The minimum Gasteiger partial charge on any atom is -0.358 e. The maximum Gasteiger partial charge on any atom is 0.239 e. The fraction of sp³-hybridized carbons (Fsp3) is 0.214. The third-order valence-corrected chi connectivity index (χ3v) is 3.18. The quantitative estimate of drug-likeness (QED) is 0.776. The van der Waals surface area contributed by atoms with Crippen LogP contribution in [0.3, 0.4) is 0 Å². The van der Waals surface area contributed by atoms with Gasteiger partial charge in [-0.2, -0.15) is 5.10 Å². The van der Waals surface area contributed by atoms with Gasteiger partial charge in [0.1, 0.15) is 12.2 Å². The van der Waals surface area contributed by atoms with Crippen molar-refractivity contribution in [3.05, 3.63) is 36.5 Å². The molecule has 1 N–H and O–H groups in total. The molecule has 20 heavy (non-hydrogen) atoms. The fourth-order valence-electron chi connectivity index (χ4n) is 2.19. The number of para-hydroxylation sites is 2. The predicted molar refractivity (Wildman–Crippen MR) is 76.0 cm³/mol. The van der Waals surface area contributed by atoms with Crippen molar-refractivity contribution in [2.24, 2.45) is 7.05 Å². The second kappa shape index (κ2) is 4.80. The molecule has 2 aromatic heterocycles. The molecule has 0 bridgehead atoms. The number of nitrogens with zero attached hydrogens (tertiary/aromatic N) is 4. The van der Waals surface area contributed by atoms with Crippen molar-refractivity contribution in [1.82, 2.24) is 24.6 Å². The van der Waals surface area contributed by atoms with Gasteiger partial charge in [0.15, 0.2) is 5.82 Å². The molecule has 0 unspecified atom stereocenters. The minimum atomic E-state index is -0.0645. The summed E-state index contributed by atoms with van der Waals surface area (Å²) >= 11 is 0. The number of imidazole rings is 1. The van der Waals surface area contributed by atoms with Crippen LogP contribution in [0.4, 0.5) is 0 Å². The van der Waals surface area contributed by atoms with Gasteiger partial charge in [-0.05, 0) is 18.2 Å². The molecule has 0 aliphatic rings. The number of amides is 1. The molecule has 3 aromatic rings. The van der Waals surface area contributed by atoms with E-state index in [9.17, 15) is 4.79 Å². The first-order valence-electron chi connectivity index (χ1n) is 6.35. The molecule has 6 nitrogen and oxygen atoms in total. The molecule has 0 spiro atoms. The number of aromatic nitrogens is 4. The van der Waals surface area contributed by atoms with Gasteiger partial charge in [-0.25, -0.2) is 4.98 Å². The average molecular weight is 269 g/mol. The van der Waals surface area contributed by atoms with E-state index in [1.165, 1.54) is 0 Å². The Balaban J connectivity index is 2.19. The summed E-state index contributed by atoms with van der Waals surface area (Å²) in [4.78, 5) is 16.3. The van der Waals surface area contributed by atoms with Crippen molar-refractivity contribution in [1.29, 1.82) is 0 Å². The van der Waals surface area contributed by atoms with Crippen molar-refractivity contribution in [3.63, 3.8) is 0 Å². The zero-order valence-electron chi connectivity index (χ0n) is 11.4. The molecule has 102 valence electrons. The second-order valence-electron chi connectivity index (χ2n) is 4.56. The lowest BCUT2D eigenvalue weighted by Gasteiger charge is -2.06. The van der Waals surface area contributed by atoms with E-state index in [0.717, 1.165) is 16.7 Å². The smallest absolute Gasteiger partial charge is 0.239 e. The lowest BCUT2D eigenvalue weighted by molar-refractivity contribution is -0.121. The van der Waals surface area contributed by atoms with E-state index in [0.29, 0.717) is 5.82 Å². The summed E-state index contributed by atoms with van der Waals surface area (Å²) in [5, 5.41) is 7.01. The topological polar surface area (TPSA) is 64.7 Å². The first-order chi connectivity index (χ1) is 9.69. The standard InChI is InChI=1S/C14H15N5O/c1-15-13(20)9-19-12-6-4-3-5-10(12)16-14(19)11-7-8-18(2)17-11/h3-8H,9H2,1-2H3,(H,15,20). The number of benzene rings is 1. The Labute approximate surface area is 116 Å². The average Bonchev–Trinajstić information content (AvgIpc) is 3.03. The number of carbonyl (C=O) groups is 1. The van der Waals surface area contributed by atoms with E-state index in [2.05, 4.69) is 15.4 Å². The molecule has 0 saturated heterocycles. The first-order valence-corrected chi connectivity index (χ1v) is 6.35. The van der Waals surface area contributed by atoms with Crippen LogP contribution in [0, 0.1) is 0 Å². The van der Waals surface area contributed by atoms with E-state index in [-0.39, 0.29) is 12.5 Å². The Morgan fingerprint density at radius 2 is 2.10 bits per heavy atom. The summed E-state index contributed by atoms with van der Waals surface area (Å²) in [6.07, 6.45) is 1.86. The third-order valence-electron chi connectivity index (χ3n) is 3.18. The van der Waals surface area contributed by atoms with Crippen molar-refractivity contribution < 1.29 is 4.79 Å². The van der Waals surface area contributed by atoms with Crippen LogP contribution in [0.5, 0.6) is 0 Å². The zero-order valence-corrected chi connectivity index (χ0v) is 11.4. The van der Waals surface area contributed by atoms with Crippen LogP contribution in [-0.4, -0.2) is 32.3 Å². The number of hydrogen-bond donors (Lipinski definition) is 1. The van der Waals surface area contributed by atoms with Crippen LogP contribution in [0.25, 0.3) is 22.6 Å². The maximum atomic E-state index is 11.7. The molecule has 1 aromatic carbocycles. The van der Waals surface area contributed by atoms with Gasteiger partial charge in [0, 0.05) is 20.3 Å². The monoisotopic (exact) mass is 269 g/mol. The Hall–Kier alpha value is -2.63. The molecule has 0 radical (unpaired) electrons. The number of aryl methyl sites for hydroxylation is 1. The van der Waals surface area contributed by atoms with Gasteiger partial charge in [0.25, 0.3) is 0 Å². The molecule has 3 rings (SSSR count). The van der Waals surface area contributed by atoms with Gasteiger partial charge in [-0.3, -0.25) is 9.48 Å². The van der Waals surface area contributed by atoms with Gasteiger partial charge in [0.2, 0.25) is 5.91 Å². The summed E-state index contributed by atoms with van der Waals surface area (Å²) in [5.41, 5.74) is 2.54. The van der Waals surface area contributed by atoms with Crippen LogP contribution in [0.1, 0.15) is 0 Å². The molecule has 6 heteroatoms. The summed E-state index contributed by atoms with van der Waals surface area (Å²) in [7, 11) is 3.48. The highest BCUT2D eigenvalue weighted by molar-refractivity contribution is 5.83. The highest BCUT2D eigenvalue weighted by Gasteiger charge is 2.16. The number of carbonyl (C=O) groups excluding carboxylic acids is 1. The number of nitrogens with one attached hydrogen (secondary N) is 1. The molecule has 0 aliphatic heterocycles. The van der Waals surface area contributed by atoms with Crippen LogP contribution in [-0.2, 0) is 18.4 Å². The van der Waals surface area contributed by atoms with Gasteiger partial charge in [0.05, 0.1) is 11.0 Å². The van der Waals surface area contributed by atoms with Gasteiger partial charge < -0.3 is 9.88 Å². The van der Waals surface area contributed by atoms with Gasteiger partial charge in [-0.15, -0.1) is 0 Å². The molecule has 0 atom stereocenters. The third kappa shape index (κ3) is 2.05. The number of fused-ring (bicyclic) bond motifs is 1. The molecular formula is C14H15N5O. The van der Waals surface area contributed by atoms with Crippen molar-refractivity contribution in [2.45, 2.75) is 6.54 Å². The lowest BCUT2D eigenvalue weighted by atomic mass is 10.3. The van der Waals surface area contributed by atoms with Crippen molar-refractivity contribution in [3.8, 4) is 11.5 Å². The maximum absolute atomic E-state index is 11.7. The Morgan fingerprint density at radius 1 is 1.30 bits per heavy atom. The first kappa shape index (κ1) is 12.4. The summed E-state index contributed by atoms with van der Waals surface area (Å²) in [6.45, 7) is 0.225. The largest absolute Gasteiger partial charge is 0.358 e. The summed E-state index contributed by atoms with van der Waals surface area (Å²) in [5.74, 6) is 0.640. The fourth-order valence-corrected chi connectivity index (χ4v) is 2.19. The summed E-state index contributed by atoms with van der Waals surface area (Å²) in [6, 6.07) is 9.65. The van der Waals surface area contributed by atoms with Crippen molar-refractivity contribution >= 4 is 16.9 Å². The van der Waals surface area contributed by atoms with Gasteiger partial charge >= 0.3 is 0 Å². The van der Waals surface area contributed by atoms with Crippen LogP contribution >= 0.6 is 0 Å². The minimum absolute atomic E-state index is 0.0645. The van der Waals surface area contributed by atoms with E-state index < -0.39 is 0 Å². The van der Waals surface area contributed by atoms with Gasteiger partial charge in [-0.1, -0.05) is 12.1 Å². The van der Waals surface area contributed by atoms with Crippen LogP contribution < -0.4 is 5.32 Å². The highest BCUT2D eigenvalue weighted by atomic mass is 16.1. The molecule has 0 fully saturated rings. The second-order valence-corrected chi connectivity index (χ2v) is 4.56. The molecule has 1 amide bonds. The Bertz CT molecular complexity index is 771. The van der Waals surface area contributed by atoms with Crippen molar-refractivity contribution in [2.75, 3.05) is 7.05 Å². The Morgan fingerprint density at radius 3 is 2.80 bits per heavy atom. The van der Waals surface area contributed by atoms with E-state index in [1.807, 2.05) is 48.1 Å². The van der Waals surface area contributed by atoms with E-state index in [4.69, 9.17) is 0 Å². The van der Waals surface area contributed by atoms with E-state index >= 15 is 0 Å².